The van der Waals surface area contributed by atoms with Crippen molar-refractivity contribution in [2.45, 2.75) is 27.7 Å². The second-order valence-electron chi connectivity index (χ2n) is 9.15. The highest BCUT2D eigenvalue weighted by molar-refractivity contribution is 6.24. The van der Waals surface area contributed by atoms with E-state index in [9.17, 15) is 0 Å². The van der Waals surface area contributed by atoms with Gasteiger partial charge in [0, 0.05) is 27.4 Å². The van der Waals surface area contributed by atoms with Gasteiger partial charge in [-0.2, -0.15) is 0 Å². The zero-order valence-corrected chi connectivity index (χ0v) is 19.5. The molecule has 33 heavy (non-hydrogen) atoms. The van der Waals surface area contributed by atoms with E-state index in [-0.39, 0.29) is 0 Å². The van der Waals surface area contributed by atoms with Crippen LogP contribution in [0.4, 0.5) is 0 Å². The number of rotatable bonds is 2. The second-order valence-corrected chi connectivity index (χ2v) is 9.15. The molecule has 4 aromatic carbocycles. The van der Waals surface area contributed by atoms with Crippen molar-refractivity contribution in [2.75, 3.05) is 0 Å². The lowest BCUT2D eigenvalue weighted by Crippen LogP contribution is -1.98. The predicted molar refractivity (Wildman–Crippen MR) is 140 cm³/mol. The van der Waals surface area contributed by atoms with Crippen molar-refractivity contribution < 1.29 is 0 Å². The van der Waals surface area contributed by atoms with Crippen LogP contribution in [0.3, 0.4) is 0 Å². The Balaban J connectivity index is 1.94. The minimum atomic E-state index is 1.03. The molecule has 0 radical (unpaired) electrons. The minimum Gasteiger partial charge on any atom is -0.307 e. The molecule has 0 amide bonds. The van der Waals surface area contributed by atoms with Gasteiger partial charge in [0.25, 0.3) is 0 Å². The van der Waals surface area contributed by atoms with Crippen molar-refractivity contribution in [3.8, 4) is 16.9 Å². The van der Waals surface area contributed by atoms with E-state index < -0.39 is 0 Å². The van der Waals surface area contributed by atoms with Gasteiger partial charge < -0.3 is 4.57 Å². The van der Waals surface area contributed by atoms with E-state index in [2.05, 4.69) is 117 Å². The highest BCUT2D eigenvalue weighted by atomic mass is 15.0. The van der Waals surface area contributed by atoms with Gasteiger partial charge in [0.2, 0.25) is 0 Å². The van der Waals surface area contributed by atoms with Crippen LogP contribution in [0.25, 0.3) is 49.7 Å². The minimum absolute atomic E-state index is 1.03. The molecule has 0 atom stereocenters. The van der Waals surface area contributed by atoms with Gasteiger partial charge >= 0.3 is 0 Å². The smallest absolute Gasteiger partial charge is 0.0956 e. The number of aryl methyl sites for hydroxylation is 4. The molecule has 2 heterocycles. The standard InChI is InChI=1S/C31H26N2/c1-19-16-20(2)18-23(17-19)30-31-29(28-22(4)21(3)14-15-26(28)32-30)25-12-8-9-13-27(25)33(31)24-10-6-5-7-11-24/h5-18H,1-4H3. The normalized spacial score (nSPS) is 11.6. The molecule has 0 unspecified atom stereocenters. The zero-order valence-electron chi connectivity index (χ0n) is 19.5. The zero-order chi connectivity index (χ0) is 22.7. The van der Waals surface area contributed by atoms with Crippen LogP contribution < -0.4 is 0 Å². The van der Waals surface area contributed by atoms with Crippen LogP contribution in [-0.2, 0) is 0 Å². The van der Waals surface area contributed by atoms with E-state index in [1.54, 1.807) is 0 Å². The Hall–Kier alpha value is -3.91. The Kier molecular flexibility index (Phi) is 4.38. The van der Waals surface area contributed by atoms with Gasteiger partial charge in [-0.3, -0.25) is 0 Å². The second kappa shape index (κ2) is 7.31. The van der Waals surface area contributed by atoms with E-state index in [4.69, 9.17) is 4.98 Å². The number of fused-ring (bicyclic) bond motifs is 5. The number of aromatic nitrogens is 2. The molecule has 0 spiro atoms. The Morgan fingerprint density at radius 3 is 2.12 bits per heavy atom. The average Bonchev–Trinajstić information content (AvgIpc) is 3.16. The van der Waals surface area contributed by atoms with Crippen LogP contribution in [0.1, 0.15) is 22.3 Å². The largest absolute Gasteiger partial charge is 0.307 e. The van der Waals surface area contributed by atoms with Crippen LogP contribution in [0.5, 0.6) is 0 Å². The predicted octanol–water partition coefficient (Wildman–Crippen LogP) is 8.23. The Morgan fingerprint density at radius 1 is 0.667 bits per heavy atom. The highest BCUT2D eigenvalue weighted by Gasteiger charge is 2.21. The van der Waals surface area contributed by atoms with Crippen molar-refractivity contribution in [3.05, 3.63) is 107 Å². The van der Waals surface area contributed by atoms with Crippen LogP contribution >= 0.6 is 0 Å². The van der Waals surface area contributed by atoms with Crippen molar-refractivity contribution in [3.63, 3.8) is 0 Å². The number of hydrogen-bond acceptors (Lipinski definition) is 1. The van der Waals surface area contributed by atoms with Gasteiger partial charge in [-0.05, 0) is 75.2 Å². The first kappa shape index (κ1) is 19.8. The topological polar surface area (TPSA) is 17.8 Å². The third kappa shape index (κ3) is 2.98. The summed E-state index contributed by atoms with van der Waals surface area (Å²) < 4.78 is 2.39. The van der Waals surface area contributed by atoms with E-state index in [1.807, 2.05) is 0 Å². The molecule has 6 aromatic rings. The third-order valence-corrected chi connectivity index (χ3v) is 6.80. The van der Waals surface area contributed by atoms with Crippen LogP contribution in [0.2, 0.25) is 0 Å². The monoisotopic (exact) mass is 426 g/mol. The molecule has 2 nitrogen and oxygen atoms in total. The number of para-hydroxylation sites is 2. The summed E-state index contributed by atoms with van der Waals surface area (Å²) in [5.74, 6) is 0. The molecule has 6 rings (SSSR count). The van der Waals surface area contributed by atoms with E-state index in [0.29, 0.717) is 0 Å². The van der Waals surface area contributed by atoms with Gasteiger partial charge in [0.1, 0.15) is 0 Å². The Morgan fingerprint density at radius 2 is 1.36 bits per heavy atom. The molecular formula is C31H26N2. The summed E-state index contributed by atoms with van der Waals surface area (Å²) in [6.45, 7) is 8.74. The maximum Gasteiger partial charge on any atom is 0.0956 e. The van der Waals surface area contributed by atoms with Gasteiger partial charge in [-0.15, -0.1) is 0 Å². The van der Waals surface area contributed by atoms with Gasteiger partial charge in [0.15, 0.2) is 0 Å². The maximum absolute atomic E-state index is 5.32. The van der Waals surface area contributed by atoms with E-state index in [0.717, 1.165) is 22.5 Å². The molecule has 0 saturated heterocycles. The molecule has 0 N–H and O–H groups in total. The summed E-state index contributed by atoms with van der Waals surface area (Å²) in [5.41, 5.74) is 11.9. The SMILES string of the molecule is Cc1cc(C)cc(-c2nc3ccc(C)c(C)c3c3c4ccccc4n(-c4ccccc4)c23)c1. The highest BCUT2D eigenvalue weighted by Crippen LogP contribution is 2.42. The molecular weight excluding hydrogens is 400 g/mol. The van der Waals surface area contributed by atoms with Crippen molar-refractivity contribution in [1.82, 2.24) is 9.55 Å². The Labute approximate surface area is 194 Å². The number of pyridine rings is 1. The lowest BCUT2D eigenvalue weighted by molar-refractivity contribution is 1.17. The fourth-order valence-corrected chi connectivity index (χ4v) is 5.26. The van der Waals surface area contributed by atoms with Gasteiger partial charge in [-0.1, -0.05) is 59.7 Å². The third-order valence-electron chi connectivity index (χ3n) is 6.80. The van der Waals surface area contributed by atoms with Crippen LogP contribution in [0, 0.1) is 27.7 Å². The first-order chi connectivity index (χ1) is 16.0. The first-order valence-corrected chi connectivity index (χ1v) is 11.5. The molecule has 2 heteroatoms. The molecule has 0 aliphatic carbocycles. The van der Waals surface area contributed by atoms with Crippen LogP contribution in [0.15, 0.2) is 84.9 Å². The van der Waals surface area contributed by atoms with Crippen molar-refractivity contribution >= 4 is 32.7 Å². The molecule has 0 saturated carbocycles. The fourth-order valence-electron chi connectivity index (χ4n) is 5.26. The number of hydrogen-bond donors (Lipinski definition) is 0. The Bertz CT molecular complexity index is 1670. The summed E-state index contributed by atoms with van der Waals surface area (Å²) in [4.78, 5) is 5.32. The number of nitrogens with zero attached hydrogens (tertiary/aromatic N) is 2. The quantitative estimate of drug-likeness (QED) is 0.273. The molecule has 0 fully saturated rings. The fraction of sp³-hybridized carbons (Fsp3) is 0.129. The van der Waals surface area contributed by atoms with E-state index >= 15 is 0 Å². The maximum atomic E-state index is 5.32. The summed E-state index contributed by atoms with van der Waals surface area (Å²) in [6, 6.07) is 30.5. The lowest BCUT2D eigenvalue weighted by Gasteiger charge is -2.15. The van der Waals surface area contributed by atoms with Crippen molar-refractivity contribution in [1.29, 1.82) is 0 Å². The van der Waals surface area contributed by atoms with Gasteiger partial charge in [0.05, 0.1) is 22.2 Å². The first-order valence-electron chi connectivity index (χ1n) is 11.5. The van der Waals surface area contributed by atoms with E-state index in [1.165, 1.54) is 49.4 Å². The summed E-state index contributed by atoms with van der Waals surface area (Å²) in [7, 11) is 0. The lowest BCUT2D eigenvalue weighted by atomic mass is 9.96. The van der Waals surface area contributed by atoms with Crippen molar-refractivity contribution in [2.24, 2.45) is 0 Å². The molecule has 2 aromatic heterocycles. The number of benzene rings is 4. The average molecular weight is 427 g/mol. The molecule has 0 aliphatic heterocycles. The molecule has 0 bridgehead atoms. The molecule has 160 valence electrons. The summed E-state index contributed by atoms with van der Waals surface area (Å²) >= 11 is 0. The van der Waals surface area contributed by atoms with Crippen LogP contribution in [-0.4, -0.2) is 9.55 Å². The molecule has 0 aliphatic rings. The summed E-state index contributed by atoms with van der Waals surface area (Å²) in [6.07, 6.45) is 0. The summed E-state index contributed by atoms with van der Waals surface area (Å²) in [5, 5.41) is 3.81. The van der Waals surface area contributed by atoms with Gasteiger partial charge in [-0.25, -0.2) is 4.98 Å².